The van der Waals surface area contributed by atoms with Crippen molar-refractivity contribution in [1.82, 2.24) is 0 Å². The Morgan fingerprint density at radius 3 is 2.41 bits per heavy atom. The molecule has 0 aliphatic carbocycles. The normalized spacial score (nSPS) is 11.6. The molecule has 4 heteroatoms. The van der Waals surface area contributed by atoms with Crippen LogP contribution in [0.5, 0.6) is 5.75 Å². The summed E-state index contributed by atoms with van der Waals surface area (Å²) in [5, 5.41) is 0. The molecule has 2 N–H and O–H groups in total. The Bertz CT molecular complexity index is 386. The molecule has 0 aromatic heterocycles. The van der Waals surface area contributed by atoms with Crippen molar-refractivity contribution in [2.75, 3.05) is 13.7 Å². The number of ether oxygens (including phenoxy) is 1. The summed E-state index contributed by atoms with van der Waals surface area (Å²) in [6.07, 6.45) is 0.738. The van der Waals surface area contributed by atoms with Crippen LogP contribution >= 0.6 is 15.9 Å². The molecule has 0 radical (unpaired) electrons. The molecule has 0 amide bonds. The molecule has 0 saturated heterocycles. The molecule has 17 heavy (non-hydrogen) atoms. The maximum atomic E-state index is 5.54. The van der Waals surface area contributed by atoms with Crippen molar-refractivity contribution < 1.29 is 9.57 Å². The highest BCUT2D eigenvalue weighted by molar-refractivity contribution is 9.10. The number of benzene rings is 1. The van der Waals surface area contributed by atoms with Crippen LogP contribution in [0.15, 0.2) is 16.6 Å². The lowest BCUT2D eigenvalue weighted by molar-refractivity contribution is 0.140. The van der Waals surface area contributed by atoms with Crippen molar-refractivity contribution in [1.29, 1.82) is 0 Å². The standard InChI is InChI=1S/C13H20BrNO2/c1-13(2,3)11-8-10(14)7-9(5-6-17-15)12(11)16-4/h7-8H,5-6,15H2,1-4H3. The SMILES string of the molecule is COc1c(CCON)cc(Br)cc1C(C)(C)C. The Morgan fingerprint density at radius 2 is 1.94 bits per heavy atom. The maximum Gasteiger partial charge on any atom is 0.125 e. The van der Waals surface area contributed by atoms with E-state index in [0.717, 1.165) is 22.2 Å². The van der Waals surface area contributed by atoms with Gasteiger partial charge in [0.25, 0.3) is 0 Å². The average molecular weight is 302 g/mol. The van der Waals surface area contributed by atoms with Crippen LogP contribution in [0, 0.1) is 0 Å². The van der Waals surface area contributed by atoms with Crippen LogP contribution in [-0.2, 0) is 16.7 Å². The first-order valence-corrected chi connectivity index (χ1v) is 6.38. The summed E-state index contributed by atoms with van der Waals surface area (Å²) >= 11 is 3.53. The lowest BCUT2D eigenvalue weighted by Crippen LogP contribution is -2.15. The van der Waals surface area contributed by atoms with Gasteiger partial charge >= 0.3 is 0 Å². The third-order valence-electron chi connectivity index (χ3n) is 2.63. The Hall–Kier alpha value is -0.580. The van der Waals surface area contributed by atoms with Gasteiger partial charge in [-0.05, 0) is 23.1 Å². The van der Waals surface area contributed by atoms with Crippen LogP contribution in [0.3, 0.4) is 0 Å². The molecule has 0 aliphatic rings. The van der Waals surface area contributed by atoms with Gasteiger partial charge in [0, 0.05) is 16.5 Å². The highest BCUT2D eigenvalue weighted by atomic mass is 79.9. The summed E-state index contributed by atoms with van der Waals surface area (Å²) in [4.78, 5) is 4.64. The van der Waals surface area contributed by atoms with Gasteiger partial charge in [0.2, 0.25) is 0 Å². The second-order valence-corrected chi connectivity index (χ2v) is 5.93. The van der Waals surface area contributed by atoms with Gasteiger partial charge in [0.15, 0.2) is 0 Å². The fourth-order valence-corrected chi connectivity index (χ4v) is 2.31. The minimum absolute atomic E-state index is 0.0352. The van der Waals surface area contributed by atoms with E-state index in [9.17, 15) is 0 Å². The Balaban J connectivity index is 3.25. The van der Waals surface area contributed by atoms with E-state index in [1.807, 2.05) is 6.07 Å². The molecule has 0 fully saturated rings. The lowest BCUT2D eigenvalue weighted by Gasteiger charge is -2.24. The van der Waals surface area contributed by atoms with Crippen molar-refractivity contribution in [3.63, 3.8) is 0 Å². The Kier molecular flexibility index (Phi) is 4.98. The smallest absolute Gasteiger partial charge is 0.125 e. The van der Waals surface area contributed by atoms with Gasteiger partial charge in [-0.15, -0.1) is 0 Å². The Morgan fingerprint density at radius 1 is 1.29 bits per heavy atom. The number of nitrogens with two attached hydrogens (primary N) is 1. The molecule has 0 aliphatic heterocycles. The van der Waals surface area contributed by atoms with Crippen molar-refractivity contribution in [2.24, 2.45) is 5.90 Å². The molecular formula is C13H20BrNO2. The number of rotatable bonds is 4. The fraction of sp³-hybridized carbons (Fsp3) is 0.538. The molecule has 0 saturated carbocycles. The zero-order valence-corrected chi connectivity index (χ0v) is 12.4. The van der Waals surface area contributed by atoms with E-state index >= 15 is 0 Å². The van der Waals surface area contributed by atoms with E-state index < -0.39 is 0 Å². The van der Waals surface area contributed by atoms with Crippen molar-refractivity contribution >= 4 is 15.9 Å². The summed E-state index contributed by atoms with van der Waals surface area (Å²) in [7, 11) is 1.70. The van der Waals surface area contributed by atoms with E-state index in [-0.39, 0.29) is 5.41 Å². The van der Waals surface area contributed by atoms with Crippen LogP contribution in [0.1, 0.15) is 31.9 Å². The molecule has 0 atom stereocenters. The van der Waals surface area contributed by atoms with Gasteiger partial charge in [-0.25, -0.2) is 5.90 Å². The molecule has 1 aromatic carbocycles. The Labute approximate surface area is 111 Å². The third-order valence-corrected chi connectivity index (χ3v) is 3.09. The zero-order chi connectivity index (χ0) is 13.1. The molecule has 0 spiro atoms. The van der Waals surface area contributed by atoms with Gasteiger partial charge in [-0.1, -0.05) is 36.7 Å². The van der Waals surface area contributed by atoms with Crippen molar-refractivity contribution in [2.45, 2.75) is 32.6 Å². The van der Waals surface area contributed by atoms with Gasteiger partial charge in [0.05, 0.1) is 13.7 Å². The van der Waals surface area contributed by atoms with Crippen molar-refractivity contribution in [3.8, 4) is 5.75 Å². The second kappa shape index (κ2) is 5.85. The molecule has 1 aromatic rings. The summed E-state index contributed by atoms with van der Waals surface area (Å²) in [6.45, 7) is 6.98. The topological polar surface area (TPSA) is 44.5 Å². The molecule has 1 rings (SSSR count). The monoisotopic (exact) mass is 301 g/mol. The summed E-state index contributed by atoms with van der Waals surface area (Å²) in [6, 6.07) is 4.15. The van der Waals surface area contributed by atoms with Crippen LogP contribution in [0.2, 0.25) is 0 Å². The lowest BCUT2D eigenvalue weighted by atomic mass is 9.85. The van der Waals surface area contributed by atoms with Gasteiger partial charge in [-0.3, -0.25) is 0 Å². The van der Waals surface area contributed by atoms with Crippen molar-refractivity contribution in [3.05, 3.63) is 27.7 Å². The van der Waals surface area contributed by atoms with Gasteiger partial charge in [-0.2, -0.15) is 0 Å². The molecule has 0 unspecified atom stereocenters. The highest BCUT2D eigenvalue weighted by Gasteiger charge is 2.21. The quantitative estimate of drug-likeness (QED) is 0.869. The van der Waals surface area contributed by atoms with Gasteiger partial charge in [0.1, 0.15) is 5.75 Å². The van der Waals surface area contributed by atoms with Crippen LogP contribution in [0.4, 0.5) is 0 Å². The predicted molar refractivity (Wildman–Crippen MR) is 73.2 cm³/mol. The second-order valence-electron chi connectivity index (χ2n) is 5.02. The van der Waals surface area contributed by atoms with E-state index in [1.54, 1.807) is 7.11 Å². The molecular weight excluding hydrogens is 282 g/mol. The third kappa shape index (κ3) is 3.69. The highest BCUT2D eigenvalue weighted by Crippen LogP contribution is 2.36. The number of hydrogen-bond acceptors (Lipinski definition) is 3. The summed E-state index contributed by atoms with van der Waals surface area (Å²) in [5.74, 6) is 6.01. The average Bonchev–Trinajstić information content (AvgIpc) is 2.24. The fourth-order valence-electron chi connectivity index (χ4n) is 1.80. The van der Waals surface area contributed by atoms with Crippen LogP contribution < -0.4 is 10.6 Å². The van der Waals surface area contributed by atoms with E-state index in [4.69, 9.17) is 10.6 Å². The first-order valence-electron chi connectivity index (χ1n) is 5.58. The zero-order valence-electron chi connectivity index (χ0n) is 10.8. The van der Waals surface area contributed by atoms with Crippen LogP contribution in [-0.4, -0.2) is 13.7 Å². The minimum Gasteiger partial charge on any atom is -0.496 e. The van der Waals surface area contributed by atoms with E-state index in [1.165, 1.54) is 5.56 Å². The first kappa shape index (κ1) is 14.5. The number of halogens is 1. The summed E-state index contributed by atoms with van der Waals surface area (Å²) in [5.41, 5.74) is 2.33. The number of hydrogen-bond donors (Lipinski definition) is 1. The molecule has 0 heterocycles. The number of methoxy groups -OCH3 is 1. The van der Waals surface area contributed by atoms with Crippen LogP contribution in [0.25, 0.3) is 0 Å². The maximum absolute atomic E-state index is 5.54. The van der Waals surface area contributed by atoms with Gasteiger partial charge < -0.3 is 9.57 Å². The van der Waals surface area contributed by atoms with E-state index in [2.05, 4.69) is 47.6 Å². The minimum atomic E-state index is 0.0352. The molecule has 96 valence electrons. The molecule has 0 bridgehead atoms. The van der Waals surface area contributed by atoms with E-state index in [0.29, 0.717) is 6.61 Å². The predicted octanol–water partition coefficient (Wildman–Crippen LogP) is 3.19. The largest absolute Gasteiger partial charge is 0.496 e. The first-order chi connectivity index (χ1) is 7.90. The molecule has 3 nitrogen and oxygen atoms in total. The summed E-state index contributed by atoms with van der Waals surface area (Å²) < 4.78 is 6.59.